The van der Waals surface area contributed by atoms with Gasteiger partial charge in [0.25, 0.3) is 0 Å². The van der Waals surface area contributed by atoms with Crippen LogP contribution in [-0.4, -0.2) is 0 Å². The van der Waals surface area contributed by atoms with E-state index in [1.165, 1.54) is 12.8 Å². The summed E-state index contributed by atoms with van der Waals surface area (Å²) < 4.78 is 0. The van der Waals surface area contributed by atoms with Gasteiger partial charge >= 0.3 is 0 Å². The van der Waals surface area contributed by atoms with Crippen LogP contribution in [0.15, 0.2) is 12.2 Å². The Morgan fingerprint density at radius 3 is 2.54 bits per heavy atom. The lowest BCUT2D eigenvalue weighted by Crippen LogP contribution is -2.02. The highest BCUT2D eigenvalue weighted by Gasteiger charge is 2.07. The maximum Gasteiger partial charge on any atom is 0.0112 e. The van der Waals surface area contributed by atoms with Crippen LogP contribution < -0.4 is 0 Å². The molecular weight excluding hydrogens is 156 g/mol. The number of hydrogen-bond acceptors (Lipinski definition) is 0. The Labute approximate surface area is 83.4 Å². The molecule has 0 saturated carbocycles. The van der Waals surface area contributed by atoms with Gasteiger partial charge in [-0.2, -0.15) is 0 Å². The summed E-state index contributed by atoms with van der Waals surface area (Å²) in [7, 11) is 0. The second kappa shape index (κ2) is 7.92. The monoisotopic (exact) mass is 178 g/mol. The van der Waals surface area contributed by atoms with Gasteiger partial charge in [-0.25, -0.2) is 0 Å². The first-order valence-corrected chi connectivity index (χ1v) is 5.34. The highest BCUT2D eigenvalue weighted by molar-refractivity contribution is 4.91. The molecule has 0 spiro atoms. The highest BCUT2D eigenvalue weighted by atomic mass is 14.1. The standard InChI is InChI=1S/C13H22/c1-5-8-10-13(7-3)11-12(4)9-6-2/h2,8,10,12-13H,5,7,9,11H2,1,3-4H3/b10-8+/t12-,13-/m0/s1. The van der Waals surface area contributed by atoms with E-state index in [2.05, 4.69) is 38.8 Å². The van der Waals surface area contributed by atoms with Crippen molar-refractivity contribution in [2.75, 3.05) is 0 Å². The Morgan fingerprint density at radius 1 is 1.38 bits per heavy atom. The van der Waals surface area contributed by atoms with Crippen molar-refractivity contribution in [1.29, 1.82) is 0 Å². The van der Waals surface area contributed by atoms with E-state index in [1.807, 2.05) is 0 Å². The normalized spacial score (nSPS) is 15.5. The molecule has 74 valence electrons. The minimum Gasteiger partial charge on any atom is -0.120 e. The average Bonchev–Trinajstić information content (AvgIpc) is 2.12. The van der Waals surface area contributed by atoms with Gasteiger partial charge in [0.1, 0.15) is 0 Å². The van der Waals surface area contributed by atoms with Gasteiger partial charge in [0.05, 0.1) is 0 Å². The van der Waals surface area contributed by atoms with Crippen molar-refractivity contribution in [3.8, 4) is 12.3 Å². The van der Waals surface area contributed by atoms with Gasteiger partial charge in [-0.1, -0.05) is 32.9 Å². The first-order valence-electron chi connectivity index (χ1n) is 5.34. The lowest BCUT2D eigenvalue weighted by Gasteiger charge is -2.14. The van der Waals surface area contributed by atoms with Crippen LogP contribution in [0.25, 0.3) is 0 Å². The molecule has 0 aromatic rings. The van der Waals surface area contributed by atoms with Crippen LogP contribution in [0.1, 0.15) is 46.5 Å². The summed E-state index contributed by atoms with van der Waals surface area (Å²) in [6.45, 7) is 6.66. The minimum atomic E-state index is 0.663. The molecule has 0 amide bonds. The lowest BCUT2D eigenvalue weighted by atomic mass is 9.91. The van der Waals surface area contributed by atoms with E-state index in [9.17, 15) is 0 Å². The van der Waals surface area contributed by atoms with Crippen molar-refractivity contribution in [2.24, 2.45) is 11.8 Å². The van der Waals surface area contributed by atoms with Crippen LogP contribution >= 0.6 is 0 Å². The number of hydrogen-bond donors (Lipinski definition) is 0. The Balaban J connectivity index is 3.84. The van der Waals surface area contributed by atoms with Gasteiger partial charge in [-0.05, 0) is 31.1 Å². The van der Waals surface area contributed by atoms with Gasteiger partial charge in [0.15, 0.2) is 0 Å². The summed E-state index contributed by atoms with van der Waals surface area (Å²) in [5.41, 5.74) is 0. The van der Waals surface area contributed by atoms with Crippen molar-refractivity contribution >= 4 is 0 Å². The van der Waals surface area contributed by atoms with Crippen LogP contribution in [0.3, 0.4) is 0 Å². The van der Waals surface area contributed by atoms with Crippen LogP contribution in [0.4, 0.5) is 0 Å². The largest absolute Gasteiger partial charge is 0.120 e. The zero-order chi connectivity index (χ0) is 10.1. The van der Waals surface area contributed by atoms with Crippen LogP contribution in [-0.2, 0) is 0 Å². The average molecular weight is 178 g/mol. The fraction of sp³-hybridized carbons (Fsp3) is 0.692. The summed E-state index contributed by atoms with van der Waals surface area (Å²) in [6.07, 6.45) is 14.4. The van der Waals surface area contributed by atoms with E-state index in [-0.39, 0.29) is 0 Å². The van der Waals surface area contributed by atoms with Gasteiger partial charge < -0.3 is 0 Å². The fourth-order valence-electron chi connectivity index (χ4n) is 1.51. The van der Waals surface area contributed by atoms with E-state index in [0.29, 0.717) is 5.92 Å². The number of allylic oxidation sites excluding steroid dienone is 2. The van der Waals surface area contributed by atoms with Crippen molar-refractivity contribution in [2.45, 2.75) is 46.5 Å². The molecule has 0 aromatic heterocycles. The van der Waals surface area contributed by atoms with Crippen LogP contribution in [0.2, 0.25) is 0 Å². The lowest BCUT2D eigenvalue weighted by molar-refractivity contribution is 0.444. The SMILES string of the molecule is C#CC[C@H](C)C[C@H](/C=C/CC)CC. The molecule has 0 aliphatic carbocycles. The Hall–Kier alpha value is -0.700. The summed E-state index contributed by atoms with van der Waals surface area (Å²) in [5.74, 6) is 4.12. The molecule has 0 heteroatoms. The van der Waals surface area contributed by atoms with E-state index < -0.39 is 0 Å². The molecule has 0 aliphatic heterocycles. The third-order valence-corrected chi connectivity index (χ3v) is 2.34. The summed E-state index contributed by atoms with van der Waals surface area (Å²) in [6, 6.07) is 0. The second-order valence-corrected chi connectivity index (χ2v) is 3.75. The van der Waals surface area contributed by atoms with E-state index in [0.717, 1.165) is 18.8 Å². The third kappa shape index (κ3) is 6.46. The highest BCUT2D eigenvalue weighted by Crippen LogP contribution is 2.19. The first kappa shape index (κ1) is 12.3. The molecule has 0 radical (unpaired) electrons. The van der Waals surface area contributed by atoms with Gasteiger partial charge in [0.2, 0.25) is 0 Å². The molecule has 0 nitrogen and oxygen atoms in total. The molecule has 0 heterocycles. The number of rotatable bonds is 6. The van der Waals surface area contributed by atoms with Crippen LogP contribution in [0, 0.1) is 24.2 Å². The van der Waals surface area contributed by atoms with E-state index in [1.54, 1.807) is 0 Å². The van der Waals surface area contributed by atoms with Crippen LogP contribution in [0.5, 0.6) is 0 Å². The zero-order valence-corrected chi connectivity index (χ0v) is 9.22. The maximum absolute atomic E-state index is 5.28. The Morgan fingerprint density at radius 2 is 2.08 bits per heavy atom. The zero-order valence-electron chi connectivity index (χ0n) is 9.22. The predicted molar refractivity (Wildman–Crippen MR) is 60.4 cm³/mol. The quantitative estimate of drug-likeness (QED) is 0.425. The Bertz CT molecular complexity index is 171. The third-order valence-electron chi connectivity index (χ3n) is 2.34. The molecule has 0 saturated heterocycles. The topological polar surface area (TPSA) is 0 Å². The molecule has 0 aromatic carbocycles. The second-order valence-electron chi connectivity index (χ2n) is 3.75. The molecule has 0 rings (SSSR count). The summed E-state index contributed by atoms with van der Waals surface area (Å²) >= 11 is 0. The first-order chi connectivity index (χ1) is 6.24. The predicted octanol–water partition coefficient (Wildman–Crippen LogP) is 4.03. The smallest absolute Gasteiger partial charge is 0.0112 e. The van der Waals surface area contributed by atoms with Crippen molar-refractivity contribution < 1.29 is 0 Å². The minimum absolute atomic E-state index is 0.663. The maximum atomic E-state index is 5.28. The molecule has 2 atom stereocenters. The van der Waals surface area contributed by atoms with Gasteiger partial charge in [-0.3, -0.25) is 0 Å². The molecule has 0 N–H and O–H groups in total. The molecular formula is C13H22. The molecule has 0 bridgehead atoms. The van der Waals surface area contributed by atoms with Crippen molar-refractivity contribution in [1.82, 2.24) is 0 Å². The molecule has 0 unspecified atom stereocenters. The van der Waals surface area contributed by atoms with Crippen molar-refractivity contribution in [3.05, 3.63) is 12.2 Å². The fourth-order valence-corrected chi connectivity index (χ4v) is 1.51. The van der Waals surface area contributed by atoms with Crippen molar-refractivity contribution in [3.63, 3.8) is 0 Å². The van der Waals surface area contributed by atoms with Gasteiger partial charge in [-0.15, -0.1) is 12.3 Å². The summed E-state index contributed by atoms with van der Waals surface area (Å²) in [5, 5.41) is 0. The van der Waals surface area contributed by atoms with Gasteiger partial charge in [0, 0.05) is 6.42 Å². The number of terminal acetylenes is 1. The molecule has 13 heavy (non-hydrogen) atoms. The summed E-state index contributed by atoms with van der Waals surface area (Å²) in [4.78, 5) is 0. The molecule has 0 fully saturated rings. The Kier molecular flexibility index (Phi) is 7.50. The molecule has 0 aliphatic rings. The van der Waals surface area contributed by atoms with E-state index in [4.69, 9.17) is 6.42 Å². The van der Waals surface area contributed by atoms with E-state index >= 15 is 0 Å².